The highest BCUT2D eigenvalue weighted by Gasteiger charge is 2.57. The number of benzene rings is 1. The number of rotatable bonds is 3. The van der Waals surface area contributed by atoms with E-state index < -0.39 is 0 Å². The van der Waals surface area contributed by atoms with Gasteiger partial charge in [0.1, 0.15) is 11.5 Å². The highest BCUT2D eigenvalue weighted by atomic mass is 16.5. The standard InChI is InChI=1S/C13H19NO2/c1-13(2)11(12(13)14)9-6-5-8(15-3)7-10(9)16-4/h5-7,11-12H,14H2,1-4H3. The minimum atomic E-state index is 0.169. The Morgan fingerprint density at radius 1 is 1.19 bits per heavy atom. The summed E-state index contributed by atoms with van der Waals surface area (Å²) in [5.41, 5.74) is 7.43. The number of ether oxygens (including phenoxy) is 2. The zero-order valence-electron chi connectivity index (χ0n) is 10.3. The summed E-state index contributed by atoms with van der Waals surface area (Å²) in [6.45, 7) is 4.37. The van der Waals surface area contributed by atoms with Crippen LogP contribution < -0.4 is 15.2 Å². The van der Waals surface area contributed by atoms with E-state index in [1.807, 2.05) is 12.1 Å². The maximum Gasteiger partial charge on any atom is 0.126 e. The zero-order valence-corrected chi connectivity index (χ0v) is 10.3. The Hall–Kier alpha value is -1.22. The number of nitrogens with two attached hydrogens (primary N) is 1. The average molecular weight is 221 g/mol. The highest BCUT2D eigenvalue weighted by Crippen LogP contribution is 2.59. The van der Waals surface area contributed by atoms with Gasteiger partial charge in [-0.05, 0) is 17.0 Å². The number of methoxy groups -OCH3 is 2. The van der Waals surface area contributed by atoms with Gasteiger partial charge in [0, 0.05) is 18.0 Å². The molecule has 3 heteroatoms. The van der Waals surface area contributed by atoms with E-state index in [1.165, 1.54) is 5.56 Å². The fourth-order valence-electron chi connectivity index (χ4n) is 2.35. The minimum Gasteiger partial charge on any atom is -0.497 e. The molecule has 1 aliphatic rings. The van der Waals surface area contributed by atoms with Gasteiger partial charge in [-0.25, -0.2) is 0 Å². The van der Waals surface area contributed by atoms with Crippen LogP contribution >= 0.6 is 0 Å². The average Bonchev–Trinajstić information content (AvgIpc) is 2.77. The smallest absolute Gasteiger partial charge is 0.126 e. The van der Waals surface area contributed by atoms with Crippen LogP contribution in [-0.2, 0) is 0 Å². The van der Waals surface area contributed by atoms with Crippen LogP contribution in [0.25, 0.3) is 0 Å². The van der Waals surface area contributed by atoms with E-state index in [4.69, 9.17) is 15.2 Å². The molecule has 0 bridgehead atoms. The lowest BCUT2D eigenvalue weighted by atomic mass is 10.0. The van der Waals surface area contributed by atoms with E-state index in [9.17, 15) is 0 Å². The van der Waals surface area contributed by atoms with Crippen LogP contribution in [0.15, 0.2) is 18.2 Å². The van der Waals surface area contributed by atoms with Crippen LogP contribution in [0.4, 0.5) is 0 Å². The fraction of sp³-hybridized carbons (Fsp3) is 0.538. The lowest BCUT2D eigenvalue weighted by Crippen LogP contribution is -2.06. The summed E-state index contributed by atoms with van der Waals surface area (Å²) < 4.78 is 10.6. The minimum absolute atomic E-state index is 0.169. The molecule has 2 unspecified atom stereocenters. The van der Waals surface area contributed by atoms with E-state index >= 15 is 0 Å². The van der Waals surface area contributed by atoms with Crippen molar-refractivity contribution in [3.8, 4) is 11.5 Å². The molecule has 16 heavy (non-hydrogen) atoms. The van der Waals surface area contributed by atoms with E-state index in [-0.39, 0.29) is 11.5 Å². The Morgan fingerprint density at radius 3 is 2.25 bits per heavy atom. The molecular weight excluding hydrogens is 202 g/mol. The molecule has 0 amide bonds. The van der Waals surface area contributed by atoms with Crippen LogP contribution in [0.3, 0.4) is 0 Å². The molecule has 0 aromatic heterocycles. The first-order chi connectivity index (χ1) is 7.52. The molecule has 1 fully saturated rings. The third-order valence-electron chi connectivity index (χ3n) is 3.69. The second-order valence-electron chi connectivity index (χ2n) is 4.93. The van der Waals surface area contributed by atoms with Gasteiger partial charge in [-0.1, -0.05) is 19.9 Å². The lowest BCUT2D eigenvalue weighted by Gasteiger charge is -2.11. The second-order valence-corrected chi connectivity index (χ2v) is 4.93. The Balaban J connectivity index is 2.36. The topological polar surface area (TPSA) is 44.5 Å². The molecule has 2 N–H and O–H groups in total. The first-order valence-electron chi connectivity index (χ1n) is 5.50. The van der Waals surface area contributed by atoms with Crippen molar-refractivity contribution >= 4 is 0 Å². The molecule has 2 atom stereocenters. The molecule has 3 nitrogen and oxygen atoms in total. The quantitative estimate of drug-likeness (QED) is 0.850. The second kappa shape index (κ2) is 3.67. The predicted molar refractivity (Wildman–Crippen MR) is 64.0 cm³/mol. The third-order valence-corrected chi connectivity index (χ3v) is 3.69. The SMILES string of the molecule is COc1ccc(C2C(N)C2(C)C)c(OC)c1. The Kier molecular flexibility index (Phi) is 2.58. The van der Waals surface area contributed by atoms with E-state index in [0.29, 0.717) is 5.92 Å². The van der Waals surface area contributed by atoms with E-state index in [0.717, 1.165) is 11.5 Å². The lowest BCUT2D eigenvalue weighted by molar-refractivity contribution is 0.390. The van der Waals surface area contributed by atoms with Crippen molar-refractivity contribution in [3.63, 3.8) is 0 Å². The van der Waals surface area contributed by atoms with Gasteiger partial charge in [0.05, 0.1) is 14.2 Å². The molecule has 88 valence electrons. The molecule has 1 aromatic rings. The maximum atomic E-state index is 6.08. The Morgan fingerprint density at radius 2 is 1.81 bits per heavy atom. The van der Waals surface area contributed by atoms with Gasteiger partial charge in [-0.15, -0.1) is 0 Å². The molecular formula is C13H19NO2. The zero-order chi connectivity index (χ0) is 11.9. The first-order valence-corrected chi connectivity index (χ1v) is 5.50. The van der Waals surface area contributed by atoms with Crippen LogP contribution in [-0.4, -0.2) is 20.3 Å². The summed E-state index contributed by atoms with van der Waals surface area (Å²) in [6.07, 6.45) is 0. The molecule has 1 saturated carbocycles. The molecule has 0 radical (unpaired) electrons. The highest BCUT2D eigenvalue weighted by molar-refractivity contribution is 5.48. The van der Waals surface area contributed by atoms with Crippen LogP contribution in [0.1, 0.15) is 25.3 Å². The summed E-state index contributed by atoms with van der Waals surface area (Å²) >= 11 is 0. The van der Waals surface area contributed by atoms with Crippen LogP contribution in [0.2, 0.25) is 0 Å². The maximum absolute atomic E-state index is 6.08. The van der Waals surface area contributed by atoms with E-state index in [2.05, 4.69) is 19.9 Å². The molecule has 0 spiro atoms. The Bertz CT molecular complexity index is 401. The first kappa shape index (κ1) is 11.3. The fourth-order valence-corrected chi connectivity index (χ4v) is 2.35. The summed E-state index contributed by atoms with van der Waals surface area (Å²) in [7, 11) is 3.33. The molecule has 1 aromatic carbocycles. The van der Waals surface area contributed by atoms with Crippen molar-refractivity contribution in [2.45, 2.75) is 25.8 Å². The van der Waals surface area contributed by atoms with Crippen molar-refractivity contribution in [3.05, 3.63) is 23.8 Å². The normalized spacial score (nSPS) is 26.3. The van der Waals surface area contributed by atoms with Gasteiger partial charge in [0.15, 0.2) is 0 Å². The Labute approximate surface area is 96.5 Å². The van der Waals surface area contributed by atoms with Crippen LogP contribution in [0, 0.1) is 5.41 Å². The van der Waals surface area contributed by atoms with Gasteiger partial charge in [-0.3, -0.25) is 0 Å². The van der Waals surface area contributed by atoms with Gasteiger partial charge < -0.3 is 15.2 Å². The third kappa shape index (κ3) is 1.55. The summed E-state index contributed by atoms with van der Waals surface area (Å²) in [4.78, 5) is 0. The summed E-state index contributed by atoms with van der Waals surface area (Å²) in [5.74, 6) is 2.06. The largest absolute Gasteiger partial charge is 0.497 e. The molecule has 2 rings (SSSR count). The van der Waals surface area contributed by atoms with Crippen molar-refractivity contribution < 1.29 is 9.47 Å². The van der Waals surface area contributed by atoms with Crippen molar-refractivity contribution in [1.29, 1.82) is 0 Å². The molecule has 1 aliphatic carbocycles. The molecule has 0 heterocycles. The monoisotopic (exact) mass is 221 g/mol. The van der Waals surface area contributed by atoms with Gasteiger partial charge >= 0.3 is 0 Å². The predicted octanol–water partition coefficient (Wildman–Crippen LogP) is 2.15. The van der Waals surface area contributed by atoms with E-state index in [1.54, 1.807) is 14.2 Å². The van der Waals surface area contributed by atoms with Gasteiger partial charge in [0.25, 0.3) is 0 Å². The molecule has 0 saturated heterocycles. The summed E-state index contributed by atoms with van der Waals surface area (Å²) in [5, 5.41) is 0. The van der Waals surface area contributed by atoms with Gasteiger partial charge in [-0.2, -0.15) is 0 Å². The number of hydrogen-bond donors (Lipinski definition) is 1. The van der Waals surface area contributed by atoms with Crippen molar-refractivity contribution in [2.24, 2.45) is 11.1 Å². The van der Waals surface area contributed by atoms with Crippen LogP contribution in [0.5, 0.6) is 11.5 Å². The van der Waals surface area contributed by atoms with Crippen molar-refractivity contribution in [1.82, 2.24) is 0 Å². The molecule has 0 aliphatic heterocycles. The summed E-state index contributed by atoms with van der Waals surface area (Å²) in [6, 6.07) is 6.14. The number of hydrogen-bond acceptors (Lipinski definition) is 3. The van der Waals surface area contributed by atoms with Crippen molar-refractivity contribution in [2.75, 3.05) is 14.2 Å². The van der Waals surface area contributed by atoms with Gasteiger partial charge in [0.2, 0.25) is 0 Å².